The van der Waals surface area contributed by atoms with Gasteiger partial charge in [0.1, 0.15) is 17.2 Å². The van der Waals surface area contributed by atoms with Crippen LogP contribution in [0, 0.1) is 18.7 Å². The highest BCUT2D eigenvalue weighted by Crippen LogP contribution is 2.37. The molecular formula is C20H21F5N4O2. The number of aromatic nitrogens is 2. The summed E-state index contributed by atoms with van der Waals surface area (Å²) >= 11 is 0. The molecular weight excluding hydrogens is 423 g/mol. The van der Waals surface area contributed by atoms with Gasteiger partial charge in [-0.05, 0) is 43.9 Å². The van der Waals surface area contributed by atoms with Crippen LogP contribution in [-0.2, 0) is 6.54 Å². The van der Waals surface area contributed by atoms with Gasteiger partial charge in [0, 0.05) is 30.6 Å². The Labute approximate surface area is 174 Å². The molecule has 2 aromatic rings. The number of alkyl halides is 4. The number of nitrogens with one attached hydrogen (secondary N) is 1. The van der Waals surface area contributed by atoms with Gasteiger partial charge in [0.25, 0.3) is 18.2 Å². The number of carbonyl (C=O) groups is 2. The first-order chi connectivity index (χ1) is 14.5. The Kier molecular flexibility index (Phi) is 6.33. The predicted octanol–water partition coefficient (Wildman–Crippen LogP) is 4.44. The van der Waals surface area contributed by atoms with Crippen LogP contribution in [0.5, 0.6) is 0 Å². The van der Waals surface area contributed by atoms with Gasteiger partial charge in [-0.2, -0.15) is 5.10 Å². The maximum atomic E-state index is 13.7. The summed E-state index contributed by atoms with van der Waals surface area (Å²) < 4.78 is 68.3. The molecule has 0 spiro atoms. The molecule has 3 N–H and O–H groups in total. The molecule has 1 aliphatic carbocycles. The van der Waals surface area contributed by atoms with Gasteiger partial charge in [-0.15, -0.1) is 0 Å². The predicted molar refractivity (Wildman–Crippen MR) is 102 cm³/mol. The second-order valence-corrected chi connectivity index (χ2v) is 7.65. The number of halogens is 5. The minimum absolute atomic E-state index is 0.0301. The molecule has 0 saturated heterocycles. The summed E-state index contributed by atoms with van der Waals surface area (Å²) in [6.45, 7) is 1.34. The van der Waals surface area contributed by atoms with Crippen molar-refractivity contribution in [3.8, 4) is 0 Å². The number of hydrogen-bond acceptors (Lipinski definition) is 3. The van der Waals surface area contributed by atoms with E-state index in [0.29, 0.717) is 0 Å². The van der Waals surface area contributed by atoms with Gasteiger partial charge in [0.05, 0.1) is 5.56 Å². The molecule has 0 unspecified atom stereocenters. The normalized spacial score (nSPS) is 16.5. The average Bonchev–Trinajstić information content (AvgIpc) is 3.01. The van der Waals surface area contributed by atoms with Crippen molar-refractivity contribution >= 4 is 17.5 Å². The van der Waals surface area contributed by atoms with Crippen molar-refractivity contribution in [2.75, 3.05) is 5.32 Å². The Morgan fingerprint density at radius 3 is 2.52 bits per heavy atom. The standard InChI is InChI=1S/C20H21F5N4O2/c1-10-15(17(22)23)28-29(9-11-4-6-20(24,25)7-5-11)16(10)19(31)27-12-2-3-14(21)13(8-12)18(26)30/h2-3,8,11,17H,4-7,9H2,1H3,(H2,26,30)(H,27,31). The van der Waals surface area contributed by atoms with Crippen LogP contribution in [-0.4, -0.2) is 27.5 Å². The lowest BCUT2D eigenvalue weighted by atomic mass is 9.87. The van der Waals surface area contributed by atoms with Crippen LogP contribution < -0.4 is 11.1 Å². The number of anilines is 1. The van der Waals surface area contributed by atoms with E-state index in [9.17, 15) is 31.5 Å². The van der Waals surface area contributed by atoms with Crippen molar-refractivity contribution in [2.45, 2.75) is 51.5 Å². The Morgan fingerprint density at radius 1 is 1.29 bits per heavy atom. The van der Waals surface area contributed by atoms with Gasteiger partial charge in [-0.3, -0.25) is 14.3 Å². The number of amides is 2. The molecule has 0 aliphatic heterocycles. The highest BCUT2D eigenvalue weighted by molar-refractivity contribution is 6.05. The number of nitrogens with zero attached hydrogens (tertiary/aromatic N) is 2. The van der Waals surface area contributed by atoms with E-state index in [0.717, 1.165) is 16.8 Å². The highest BCUT2D eigenvalue weighted by Gasteiger charge is 2.36. The topological polar surface area (TPSA) is 90.0 Å². The molecule has 2 amide bonds. The van der Waals surface area contributed by atoms with Crippen molar-refractivity contribution in [3.63, 3.8) is 0 Å². The lowest BCUT2D eigenvalue weighted by Gasteiger charge is -2.28. The third-order valence-corrected chi connectivity index (χ3v) is 5.41. The Bertz CT molecular complexity index is 996. The van der Waals surface area contributed by atoms with Crippen LogP contribution in [0.1, 0.15) is 64.2 Å². The lowest BCUT2D eigenvalue weighted by Crippen LogP contribution is -2.28. The van der Waals surface area contributed by atoms with Gasteiger partial charge in [-0.1, -0.05) is 0 Å². The molecule has 6 nitrogen and oxygen atoms in total. The fourth-order valence-electron chi connectivity index (χ4n) is 3.71. The van der Waals surface area contributed by atoms with E-state index in [4.69, 9.17) is 5.73 Å². The molecule has 168 valence electrons. The van der Waals surface area contributed by atoms with Crippen LogP contribution in [0.4, 0.5) is 27.6 Å². The van der Waals surface area contributed by atoms with E-state index in [1.54, 1.807) is 0 Å². The minimum atomic E-state index is -2.93. The fourth-order valence-corrected chi connectivity index (χ4v) is 3.71. The molecule has 1 aromatic heterocycles. The highest BCUT2D eigenvalue weighted by atomic mass is 19.3. The van der Waals surface area contributed by atoms with Crippen LogP contribution >= 0.6 is 0 Å². The van der Waals surface area contributed by atoms with Gasteiger partial charge < -0.3 is 11.1 Å². The zero-order chi connectivity index (χ0) is 22.9. The summed E-state index contributed by atoms with van der Waals surface area (Å²) in [7, 11) is 0. The first-order valence-electron chi connectivity index (χ1n) is 9.62. The third-order valence-electron chi connectivity index (χ3n) is 5.41. The summed E-state index contributed by atoms with van der Waals surface area (Å²) in [5, 5.41) is 6.27. The molecule has 31 heavy (non-hydrogen) atoms. The molecule has 11 heteroatoms. The number of carbonyl (C=O) groups excluding carboxylic acids is 2. The van der Waals surface area contributed by atoms with Crippen molar-refractivity contribution in [1.82, 2.24) is 9.78 Å². The van der Waals surface area contributed by atoms with Gasteiger partial charge in [-0.25, -0.2) is 22.0 Å². The Hall–Kier alpha value is -2.98. The van der Waals surface area contributed by atoms with E-state index < -0.39 is 41.2 Å². The first kappa shape index (κ1) is 22.7. The summed E-state index contributed by atoms with van der Waals surface area (Å²) in [6, 6.07) is 3.16. The molecule has 3 rings (SSSR count). The number of hydrogen-bond donors (Lipinski definition) is 2. The molecule has 1 aromatic carbocycles. The van der Waals surface area contributed by atoms with Crippen molar-refractivity contribution < 1.29 is 31.5 Å². The average molecular weight is 444 g/mol. The van der Waals surface area contributed by atoms with Crippen LogP contribution in [0.25, 0.3) is 0 Å². The van der Waals surface area contributed by atoms with Gasteiger partial charge in [0.2, 0.25) is 5.92 Å². The largest absolute Gasteiger partial charge is 0.366 e. The SMILES string of the molecule is Cc1c(C(F)F)nn(CC2CCC(F)(F)CC2)c1C(=O)Nc1ccc(F)c(C(N)=O)c1. The smallest absolute Gasteiger partial charge is 0.282 e. The second-order valence-electron chi connectivity index (χ2n) is 7.65. The molecule has 0 radical (unpaired) electrons. The number of primary amides is 1. The lowest BCUT2D eigenvalue weighted by molar-refractivity contribution is -0.0477. The van der Waals surface area contributed by atoms with E-state index in [-0.39, 0.29) is 55.1 Å². The summed E-state index contributed by atoms with van der Waals surface area (Å²) in [5.74, 6) is -5.71. The molecule has 0 atom stereocenters. The number of nitrogens with two attached hydrogens (primary N) is 1. The first-order valence-corrected chi connectivity index (χ1v) is 9.62. The van der Waals surface area contributed by atoms with E-state index in [1.165, 1.54) is 13.0 Å². The van der Waals surface area contributed by atoms with Gasteiger partial charge >= 0.3 is 0 Å². The van der Waals surface area contributed by atoms with Gasteiger partial charge in [0.15, 0.2) is 0 Å². The molecule has 1 heterocycles. The van der Waals surface area contributed by atoms with Crippen molar-refractivity contribution in [2.24, 2.45) is 11.7 Å². The second kappa shape index (κ2) is 8.64. The van der Waals surface area contributed by atoms with E-state index >= 15 is 0 Å². The fraction of sp³-hybridized carbons (Fsp3) is 0.450. The zero-order valence-electron chi connectivity index (χ0n) is 16.6. The van der Waals surface area contributed by atoms with Crippen molar-refractivity contribution in [3.05, 3.63) is 46.5 Å². The summed E-state index contributed by atoms with van der Waals surface area (Å²) in [5.41, 5.74) is 3.89. The summed E-state index contributed by atoms with van der Waals surface area (Å²) in [4.78, 5) is 24.2. The number of benzene rings is 1. The molecule has 1 fully saturated rings. The van der Waals surface area contributed by atoms with Crippen LogP contribution in [0.3, 0.4) is 0 Å². The van der Waals surface area contributed by atoms with Crippen molar-refractivity contribution in [1.29, 1.82) is 0 Å². The Morgan fingerprint density at radius 2 is 1.94 bits per heavy atom. The quantitative estimate of drug-likeness (QED) is 0.646. The molecule has 1 saturated carbocycles. The summed E-state index contributed by atoms with van der Waals surface area (Å²) in [6.07, 6.45) is -3.21. The minimum Gasteiger partial charge on any atom is -0.366 e. The van der Waals surface area contributed by atoms with E-state index in [1.807, 2.05) is 0 Å². The number of rotatable bonds is 6. The maximum absolute atomic E-state index is 13.7. The zero-order valence-corrected chi connectivity index (χ0v) is 16.6. The van der Waals surface area contributed by atoms with E-state index in [2.05, 4.69) is 10.4 Å². The molecule has 0 bridgehead atoms. The van der Waals surface area contributed by atoms with Crippen LogP contribution in [0.2, 0.25) is 0 Å². The maximum Gasteiger partial charge on any atom is 0.282 e. The monoisotopic (exact) mass is 444 g/mol. The third kappa shape index (κ3) is 5.02. The van der Waals surface area contributed by atoms with Crippen LogP contribution in [0.15, 0.2) is 18.2 Å². The molecule has 1 aliphatic rings. The Balaban J connectivity index is 1.88.